The Balaban J connectivity index is 2.26. The Morgan fingerprint density at radius 3 is 2.44 bits per heavy atom. The van der Waals surface area contributed by atoms with Gasteiger partial charge < -0.3 is 4.74 Å². The molecule has 0 spiro atoms. The molecule has 0 fully saturated rings. The molecule has 0 atom stereocenters. The number of hydrogen-bond donors (Lipinski definition) is 2. The predicted molar refractivity (Wildman–Crippen MR) is 91.1 cm³/mol. The monoisotopic (exact) mass is 468 g/mol. The second-order valence-corrected chi connectivity index (χ2v) is 7.46. The van der Waals surface area contributed by atoms with Crippen molar-refractivity contribution in [3.63, 3.8) is 0 Å². The van der Waals surface area contributed by atoms with Crippen molar-refractivity contribution in [1.82, 2.24) is 14.8 Å². The Morgan fingerprint density at radius 2 is 1.89 bits per heavy atom. The molecule has 1 aromatic carbocycles. The molecule has 1 aromatic heterocycles. The van der Waals surface area contributed by atoms with E-state index in [9.17, 15) is 26.4 Å². The molecule has 0 bridgehead atoms. The fourth-order valence-corrected chi connectivity index (χ4v) is 2.90. The first-order valence-electron chi connectivity index (χ1n) is 7.19. The van der Waals surface area contributed by atoms with Crippen molar-refractivity contribution in [3.05, 3.63) is 46.2 Å². The zero-order valence-corrected chi connectivity index (χ0v) is 15.9. The van der Waals surface area contributed by atoms with Gasteiger partial charge in [0.15, 0.2) is 5.69 Å². The number of ether oxygens (including phenoxy) is 1. The lowest BCUT2D eigenvalue weighted by atomic mass is 10.2. The van der Waals surface area contributed by atoms with Crippen LogP contribution >= 0.6 is 15.9 Å². The Labute approximate surface area is 160 Å². The zero-order chi connectivity index (χ0) is 20.2. The third kappa shape index (κ3) is 5.37. The number of rotatable bonds is 6. The highest BCUT2D eigenvalue weighted by Crippen LogP contribution is 2.31. The summed E-state index contributed by atoms with van der Waals surface area (Å²) < 4.78 is 68.8. The van der Waals surface area contributed by atoms with E-state index in [-0.39, 0.29) is 11.5 Å². The standard InChI is InChI=1S/C14H12BrF3N4O4S/c1-2-26-12(23)10-7-19-13(20-11(10)14(16,17)18)21-22-27(24,25)9-5-3-8(15)4-6-9/h3-7,22H,2H2,1H3,(H,19,20,21). The molecular formula is C14H12BrF3N4O4S. The normalized spacial score (nSPS) is 11.9. The molecule has 8 nitrogen and oxygen atoms in total. The summed E-state index contributed by atoms with van der Waals surface area (Å²) in [6.45, 7) is 1.29. The van der Waals surface area contributed by atoms with E-state index in [4.69, 9.17) is 0 Å². The summed E-state index contributed by atoms with van der Waals surface area (Å²) in [6, 6.07) is 5.50. The Kier molecular flexibility index (Phi) is 6.38. The van der Waals surface area contributed by atoms with Crippen molar-refractivity contribution in [2.45, 2.75) is 18.0 Å². The number of hydrazine groups is 1. The molecule has 0 radical (unpaired) electrons. The van der Waals surface area contributed by atoms with Crippen LogP contribution in [0.2, 0.25) is 0 Å². The number of aromatic nitrogens is 2. The minimum Gasteiger partial charge on any atom is -0.462 e. The van der Waals surface area contributed by atoms with Gasteiger partial charge in [-0.25, -0.2) is 23.2 Å². The summed E-state index contributed by atoms with van der Waals surface area (Å²) in [6.07, 6.45) is -4.38. The Bertz CT molecular complexity index is 936. The lowest BCUT2D eigenvalue weighted by Gasteiger charge is -2.13. The van der Waals surface area contributed by atoms with Gasteiger partial charge in [-0.15, -0.1) is 4.83 Å². The van der Waals surface area contributed by atoms with Crippen LogP contribution in [0, 0.1) is 0 Å². The summed E-state index contributed by atoms with van der Waals surface area (Å²) in [5, 5.41) is 0. The van der Waals surface area contributed by atoms with Crippen LogP contribution in [0.5, 0.6) is 0 Å². The van der Waals surface area contributed by atoms with Crippen molar-refractivity contribution < 1.29 is 31.1 Å². The van der Waals surface area contributed by atoms with Gasteiger partial charge in [-0.05, 0) is 31.2 Å². The van der Waals surface area contributed by atoms with Crippen molar-refractivity contribution in [2.24, 2.45) is 0 Å². The quantitative estimate of drug-likeness (QED) is 0.495. The third-order valence-corrected chi connectivity index (χ3v) is 4.77. The highest BCUT2D eigenvalue weighted by atomic mass is 79.9. The summed E-state index contributed by atoms with van der Waals surface area (Å²) in [4.78, 5) is 20.0. The molecule has 2 aromatic rings. The zero-order valence-electron chi connectivity index (χ0n) is 13.5. The topological polar surface area (TPSA) is 110 Å². The number of hydrogen-bond acceptors (Lipinski definition) is 7. The SMILES string of the molecule is CCOC(=O)c1cnc(NNS(=O)(=O)c2ccc(Br)cc2)nc1C(F)(F)F. The molecular weight excluding hydrogens is 457 g/mol. The van der Waals surface area contributed by atoms with Gasteiger partial charge in [0.2, 0.25) is 5.95 Å². The molecule has 13 heteroatoms. The van der Waals surface area contributed by atoms with Gasteiger partial charge in [-0.1, -0.05) is 15.9 Å². The number of esters is 1. The molecule has 27 heavy (non-hydrogen) atoms. The van der Waals surface area contributed by atoms with Crippen LogP contribution in [0.15, 0.2) is 39.8 Å². The maximum atomic E-state index is 13.1. The van der Waals surface area contributed by atoms with Gasteiger partial charge in [0, 0.05) is 10.7 Å². The van der Waals surface area contributed by atoms with E-state index in [1.807, 2.05) is 10.3 Å². The van der Waals surface area contributed by atoms with Crippen LogP contribution in [0.4, 0.5) is 19.1 Å². The fourth-order valence-electron chi connectivity index (χ4n) is 1.80. The smallest absolute Gasteiger partial charge is 0.434 e. The number of nitrogens with one attached hydrogen (secondary N) is 2. The molecule has 0 aliphatic carbocycles. The molecule has 2 N–H and O–H groups in total. The second kappa shape index (κ2) is 8.19. The van der Waals surface area contributed by atoms with Crippen molar-refractivity contribution in [1.29, 1.82) is 0 Å². The van der Waals surface area contributed by atoms with Crippen molar-refractivity contribution in [3.8, 4) is 0 Å². The van der Waals surface area contributed by atoms with E-state index in [0.29, 0.717) is 10.7 Å². The van der Waals surface area contributed by atoms with E-state index in [1.165, 1.54) is 31.2 Å². The van der Waals surface area contributed by atoms with Gasteiger partial charge in [-0.3, -0.25) is 5.43 Å². The maximum Gasteiger partial charge on any atom is 0.434 e. The Hall–Kier alpha value is -2.25. The highest BCUT2D eigenvalue weighted by Gasteiger charge is 2.38. The van der Waals surface area contributed by atoms with Crippen LogP contribution in [-0.2, 0) is 20.9 Å². The first-order valence-corrected chi connectivity index (χ1v) is 9.47. The van der Waals surface area contributed by atoms with Crippen LogP contribution < -0.4 is 10.3 Å². The molecule has 0 aliphatic heterocycles. The first kappa shape index (κ1) is 21.1. The average Bonchev–Trinajstić information content (AvgIpc) is 2.59. The minimum atomic E-state index is -4.98. The number of carbonyl (C=O) groups is 1. The average molecular weight is 469 g/mol. The summed E-state index contributed by atoms with van der Waals surface area (Å²) >= 11 is 3.15. The molecule has 1 heterocycles. The van der Waals surface area contributed by atoms with Crippen molar-refractivity contribution >= 4 is 37.9 Å². The largest absolute Gasteiger partial charge is 0.462 e. The van der Waals surface area contributed by atoms with Crippen molar-refractivity contribution in [2.75, 3.05) is 12.0 Å². The Morgan fingerprint density at radius 1 is 1.26 bits per heavy atom. The summed E-state index contributed by atoms with van der Waals surface area (Å²) in [5.74, 6) is -1.94. The van der Waals surface area contributed by atoms with Crippen LogP contribution in [0.25, 0.3) is 0 Å². The maximum absolute atomic E-state index is 13.1. The second-order valence-electron chi connectivity index (χ2n) is 4.86. The van der Waals surface area contributed by atoms with Gasteiger partial charge >= 0.3 is 12.1 Å². The molecule has 0 amide bonds. The lowest BCUT2D eigenvalue weighted by molar-refractivity contribution is -0.141. The molecule has 0 saturated carbocycles. The summed E-state index contributed by atoms with van der Waals surface area (Å²) in [5.41, 5.74) is -0.453. The van der Waals surface area contributed by atoms with E-state index in [2.05, 4.69) is 30.6 Å². The molecule has 2 rings (SSSR count). The minimum absolute atomic E-state index is 0.136. The van der Waals surface area contributed by atoms with Gasteiger partial charge in [0.1, 0.15) is 5.56 Å². The molecule has 0 saturated heterocycles. The van der Waals surface area contributed by atoms with Crippen LogP contribution in [0.1, 0.15) is 23.0 Å². The van der Waals surface area contributed by atoms with Crippen LogP contribution in [-0.4, -0.2) is 31.0 Å². The number of alkyl halides is 3. The number of halogens is 4. The fraction of sp³-hybridized carbons (Fsp3) is 0.214. The summed E-state index contributed by atoms with van der Waals surface area (Å²) in [7, 11) is -4.09. The molecule has 0 unspecified atom stereocenters. The first-order chi connectivity index (χ1) is 12.5. The van der Waals surface area contributed by atoms with Gasteiger partial charge in [0.05, 0.1) is 11.5 Å². The number of sulfonamides is 1. The number of benzene rings is 1. The molecule has 0 aliphatic rings. The van der Waals surface area contributed by atoms with E-state index in [1.54, 1.807) is 0 Å². The van der Waals surface area contributed by atoms with E-state index >= 15 is 0 Å². The van der Waals surface area contributed by atoms with Gasteiger partial charge in [-0.2, -0.15) is 13.2 Å². The molecule has 146 valence electrons. The van der Waals surface area contributed by atoms with Gasteiger partial charge in [0.25, 0.3) is 10.0 Å². The highest BCUT2D eigenvalue weighted by molar-refractivity contribution is 9.10. The lowest BCUT2D eigenvalue weighted by Crippen LogP contribution is -2.31. The van der Waals surface area contributed by atoms with E-state index < -0.39 is 39.4 Å². The third-order valence-electron chi connectivity index (χ3n) is 2.97. The van der Waals surface area contributed by atoms with E-state index in [0.717, 1.165) is 0 Å². The predicted octanol–water partition coefficient (Wildman–Crippen LogP) is 2.74. The number of anilines is 1. The number of nitrogens with zero attached hydrogens (tertiary/aromatic N) is 2. The van der Waals surface area contributed by atoms with Crippen LogP contribution in [0.3, 0.4) is 0 Å². The number of carbonyl (C=O) groups excluding carboxylic acids is 1.